The van der Waals surface area contributed by atoms with E-state index in [1.165, 1.54) is 6.42 Å². The van der Waals surface area contributed by atoms with Gasteiger partial charge in [-0.15, -0.1) is 0 Å². The summed E-state index contributed by atoms with van der Waals surface area (Å²) in [6.45, 7) is 12.5. The van der Waals surface area contributed by atoms with Crippen molar-refractivity contribution in [1.29, 1.82) is 0 Å². The first-order valence-corrected chi connectivity index (χ1v) is 8.00. The highest BCUT2D eigenvalue weighted by molar-refractivity contribution is 5.41. The average molecular weight is 302 g/mol. The van der Waals surface area contributed by atoms with Crippen LogP contribution in [0.2, 0.25) is 0 Å². The summed E-state index contributed by atoms with van der Waals surface area (Å²) in [7, 11) is 0. The van der Waals surface area contributed by atoms with Crippen LogP contribution in [0.1, 0.15) is 59.1 Å². The van der Waals surface area contributed by atoms with Crippen molar-refractivity contribution in [1.82, 2.24) is 0 Å². The summed E-state index contributed by atoms with van der Waals surface area (Å²) in [6, 6.07) is 14.4. The van der Waals surface area contributed by atoms with Crippen molar-refractivity contribution in [2.75, 3.05) is 0 Å². The van der Waals surface area contributed by atoms with Gasteiger partial charge in [0, 0.05) is 5.41 Å². The summed E-state index contributed by atoms with van der Waals surface area (Å²) >= 11 is 0. The molecule has 0 aliphatic rings. The van der Waals surface area contributed by atoms with E-state index in [4.69, 9.17) is 0 Å². The van der Waals surface area contributed by atoms with Crippen molar-refractivity contribution in [3.63, 3.8) is 0 Å². The highest BCUT2D eigenvalue weighted by Gasteiger charge is 2.22. The lowest BCUT2D eigenvalue weighted by Crippen LogP contribution is -2.18. The van der Waals surface area contributed by atoms with Crippen molar-refractivity contribution in [2.45, 2.75) is 53.4 Å². The Balaban J connectivity index is 0.000000789. The van der Waals surface area contributed by atoms with E-state index in [9.17, 15) is 10.2 Å². The van der Waals surface area contributed by atoms with E-state index < -0.39 is 0 Å². The molecule has 0 aromatic heterocycles. The summed E-state index contributed by atoms with van der Waals surface area (Å²) in [5.74, 6) is 0.547. The molecule has 0 unspecified atom stereocenters. The van der Waals surface area contributed by atoms with Crippen molar-refractivity contribution in [3.05, 3.63) is 59.7 Å². The fourth-order valence-corrected chi connectivity index (χ4v) is 1.92. The monoisotopic (exact) mass is 302 g/mol. The molecule has 22 heavy (non-hydrogen) atoms. The van der Waals surface area contributed by atoms with Gasteiger partial charge in [-0.25, -0.2) is 0 Å². The van der Waals surface area contributed by atoms with Gasteiger partial charge < -0.3 is 10.2 Å². The van der Waals surface area contributed by atoms with E-state index in [0.717, 1.165) is 11.1 Å². The van der Waals surface area contributed by atoms with Crippen LogP contribution in [0.4, 0.5) is 0 Å². The first kappa shape index (κ1) is 20.0. The van der Waals surface area contributed by atoms with Gasteiger partial charge in [-0.05, 0) is 35.4 Å². The maximum Gasteiger partial charge on any atom is 0.115 e. The number of phenolic OH excluding ortho intramolecular Hbond substituents is 2. The molecule has 0 saturated heterocycles. The lowest BCUT2D eigenvalue weighted by molar-refractivity contribution is 0.474. The average Bonchev–Trinajstić information content (AvgIpc) is 2.51. The Kier molecular flexibility index (Phi) is 9.00. The maximum absolute atomic E-state index is 9.30. The van der Waals surface area contributed by atoms with E-state index in [1.54, 1.807) is 24.3 Å². The van der Waals surface area contributed by atoms with Crippen LogP contribution in [0.15, 0.2) is 48.5 Å². The fraction of sp³-hybridized carbons (Fsp3) is 0.400. The number of phenols is 2. The van der Waals surface area contributed by atoms with Crippen molar-refractivity contribution >= 4 is 0 Å². The standard InChI is InChI=1S/C15H16O2.C3H8.C2H6/c1-15(2,11-3-7-13(16)8-4-11)12-5-9-14(17)10-6-12;1-3-2;1-2/h3-10,16-17H,1-2H3;3H2,1-2H3;1-2H3. The molecule has 2 aromatic rings. The first-order valence-electron chi connectivity index (χ1n) is 8.00. The van der Waals surface area contributed by atoms with Gasteiger partial charge >= 0.3 is 0 Å². The fourth-order valence-electron chi connectivity index (χ4n) is 1.92. The minimum atomic E-state index is -0.151. The minimum Gasteiger partial charge on any atom is -0.508 e. The normalized spacial score (nSPS) is 9.91. The molecule has 0 atom stereocenters. The molecule has 0 bridgehead atoms. The van der Waals surface area contributed by atoms with Crippen LogP contribution in [0, 0.1) is 0 Å². The van der Waals surface area contributed by atoms with Gasteiger partial charge in [0.2, 0.25) is 0 Å². The third-order valence-electron chi connectivity index (χ3n) is 3.18. The van der Waals surface area contributed by atoms with E-state index in [1.807, 2.05) is 38.1 Å². The molecule has 0 aliphatic carbocycles. The van der Waals surface area contributed by atoms with E-state index >= 15 is 0 Å². The number of benzene rings is 2. The van der Waals surface area contributed by atoms with Gasteiger partial charge in [0.05, 0.1) is 0 Å². The van der Waals surface area contributed by atoms with Gasteiger partial charge in [-0.2, -0.15) is 0 Å². The number of hydrogen-bond acceptors (Lipinski definition) is 2. The Bertz CT molecular complexity index is 463. The number of aromatic hydroxyl groups is 2. The van der Waals surface area contributed by atoms with Crippen LogP contribution in [0.25, 0.3) is 0 Å². The number of hydrogen-bond donors (Lipinski definition) is 2. The summed E-state index contributed by atoms with van der Waals surface area (Å²) < 4.78 is 0. The van der Waals surface area contributed by atoms with Crippen molar-refractivity contribution in [2.24, 2.45) is 0 Å². The Morgan fingerprint density at radius 2 is 0.909 bits per heavy atom. The van der Waals surface area contributed by atoms with Gasteiger partial charge in [0.1, 0.15) is 11.5 Å². The molecule has 0 saturated carbocycles. The van der Waals surface area contributed by atoms with Crippen molar-refractivity contribution < 1.29 is 10.2 Å². The van der Waals surface area contributed by atoms with Crippen LogP contribution in [0.5, 0.6) is 11.5 Å². The Morgan fingerprint density at radius 3 is 1.14 bits per heavy atom. The molecular formula is C20H30O2. The molecule has 0 aliphatic heterocycles. The maximum atomic E-state index is 9.30. The predicted molar refractivity (Wildman–Crippen MR) is 95.7 cm³/mol. The quantitative estimate of drug-likeness (QED) is 0.728. The van der Waals surface area contributed by atoms with Gasteiger partial charge in [-0.1, -0.05) is 72.2 Å². The second-order valence-electron chi connectivity index (χ2n) is 5.43. The zero-order valence-corrected chi connectivity index (χ0v) is 14.7. The third-order valence-corrected chi connectivity index (χ3v) is 3.18. The molecule has 0 heterocycles. The third kappa shape index (κ3) is 5.80. The second kappa shape index (κ2) is 9.88. The van der Waals surface area contributed by atoms with Crippen LogP contribution < -0.4 is 0 Å². The van der Waals surface area contributed by atoms with Gasteiger partial charge in [0.15, 0.2) is 0 Å². The summed E-state index contributed by atoms with van der Waals surface area (Å²) in [5, 5.41) is 18.6. The van der Waals surface area contributed by atoms with Crippen molar-refractivity contribution in [3.8, 4) is 11.5 Å². The van der Waals surface area contributed by atoms with Gasteiger partial charge in [-0.3, -0.25) is 0 Å². The minimum absolute atomic E-state index is 0.151. The molecule has 2 N–H and O–H groups in total. The Morgan fingerprint density at radius 1 is 0.682 bits per heavy atom. The molecule has 0 amide bonds. The molecule has 2 rings (SSSR count). The second-order valence-corrected chi connectivity index (χ2v) is 5.43. The molecule has 0 fully saturated rings. The molecule has 2 aromatic carbocycles. The summed E-state index contributed by atoms with van der Waals surface area (Å²) in [5.41, 5.74) is 2.10. The first-order chi connectivity index (χ1) is 10.4. The lowest BCUT2D eigenvalue weighted by atomic mass is 9.78. The molecule has 0 spiro atoms. The van der Waals surface area contributed by atoms with Gasteiger partial charge in [0.25, 0.3) is 0 Å². The van der Waals surface area contributed by atoms with Crippen LogP contribution in [0.3, 0.4) is 0 Å². The highest BCUT2D eigenvalue weighted by atomic mass is 16.3. The molecular weight excluding hydrogens is 272 g/mol. The van der Waals surface area contributed by atoms with Crippen LogP contribution >= 0.6 is 0 Å². The summed E-state index contributed by atoms with van der Waals surface area (Å²) in [6.07, 6.45) is 1.25. The Hall–Kier alpha value is -1.96. The zero-order valence-electron chi connectivity index (χ0n) is 14.7. The van der Waals surface area contributed by atoms with Crippen LogP contribution in [-0.2, 0) is 5.41 Å². The highest BCUT2D eigenvalue weighted by Crippen LogP contribution is 2.32. The van der Waals surface area contributed by atoms with Crippen LogP contribution in [-0.4, -0.2) is 10.2 Å². The van der Waals surface area contributed by atoms with E-state index in [2.05, 4.69) is 27.7 Å². The SMILES string of the molecule is CC.CC(C)(c1ccc(O)cc1)c1ccc(O)cc1.CCC. The smallest absolute Gasteiger partial charge is 0.115 e. The molecule has 0 radical (unpaired) electrons. The molecule has 122 valence electrons. The van der Waals surface area contributed by atoms with E-state index in [-0.39, 0.29) is 16.9 Å². The number of rotatable bonds is 2. The molecule has 2 nitrogen and oxygen atoms in total. The topological polar surface area (TPSA) is 40.5 Å². The Labute approximate surface area is 135 Å². The molecule has 2 heteroatoms. The predicted octanol–water partition coefficient (Wildman–Crippen LogP) is 5.87. The zero-order chi connectivity index (χ0) is 17.2. The lowest BCUT2D eigenvalue weighted by Gasteiger charge is -2.26. The summed E-state index contributed by atoms with van der Waals surface area (Å²) in [4.78, 5) is 0. The largest absolute Gasteiger partial charge is 0.508 e. The van der Waals surface area contributed by atoms with E-state index in [0.29, 0.717) is 0 Å².